The van der Waals surface area contributed by atoms with Crippen molar-refractivity contribution in [2.24, 2.45) is 0 Å². The Hall–Kier alpha value is -3.87. The third kappa shape index (κ3) is 3.25. The number of rotatable bonds is 5. The molecule has 0 atom stereocenters. The number of hydrogen-bond donors (Lipinski definition) is 2. The summed E-state index contributed by atoms with van der Waals surface area (Å²) in [5.41, 5.74) is 0.271. The van der Waals surface area contributed by atoms with Crippen LogP contribution in [-0.4, -0.2) is 20.6 Å². The SMILES string of the molecule is O=C(NCc1ccco1)c1c(O)c2cccnc2n(Cc2ccccc2)c1=O. The summed E-state index contributed by atoms with van der Waals surface area (Å²) in [5.74, 6) is -0.513. The number of nitrogens with zero attached hydrogens (tertiary/aromatic N) is 2. The summed E-state index contributed by atoms with van der Waals surface area (Å²) < 4.78 is 6.58. The van der Waals surface area contributed by atoms with Crippen LogP contribution in [0.15, 0.2) is 76.3 Å². The van der Waals surface area contributed by atoms with Crippen LogP contribution < -0.4 is 10.9 Å². The Morgan fingerprint density at radius 1 is 1.11 bits per heavy atom. The predicted octanol–water partition coefficient (Wildman–Crippen LogP) is 2.67. The molecule has 4 rings (SSSR count). The van der Waals surface area contributed by atoms with Gasteiger partial charge in [0.15, 0.2) is 0 Å². The van der Waals surface area contributed by atoms with Crippen LogP contribution in [0.1, 0.15) is 21.7 Å². The van der Waals surface area contributed by atoms with Crippen molar-refractivity contribution >= 4 is 16.9 Å². The van der Waals surface area contributed by atoms with Gasteiger partial charge in [0, 0.05) is 6.20 Å². The molecule has 1 amide bonds. The zero-order valence-electron chi connectivity index (χ0n) is 14.8. The van der Waals surface area contributed by atoms with Crippen LogP contribution in [0.4, 0.5) is 0 Å². The van der Waals surface area contributed by atoms with Gasteiger partial charge in [0.2, 0.25) is 0 Å². The Labute approximate surface area is 159 Å². The zero-order valence-corrected chi connectivity index (χ0v) is 14.8. The number of furan rings is 1. The zero-order chi connectivity index (χ0) is 19.5. The lowest BCUT2D eigenvalue weighted by Crippen LogP contribution is -2.33. The molecule has 3 aromatic heterocycles. The molecule has 140 valence electrons. The summed E-state index contributed by atoms with van der Waals surface area (Å²) in [6, 6.07) is 16.1. The van der Waals surface area contributed by atoms with E-state index < -0.39 is 11.5 Å². The monoisotopic (exact) mass is 375 g/mol. The van der Waals surface area contributed by atoms with Crippen molar-refractivity contribution in [1.29, 1.82) is 0 Å². The first-order valence-corrected chi connectivity index (χ1v) is 8.70. The van der Waals surface area contributed by atoms with Crippen LogP contribution in [0.2, 0.25) is 0 Å². The second-order valence-electron chi connectivity index (χ2n) is 6.24. The fourth-order valence-electron chi connectivity index (χ4n) is 3.05. The minimum Gasteiger partial charge on any atom is -0.506 e. The average Bonchev–Trinajstić information content (AvgIpc) is 3.24. The molecule has 0 unspecified atom stereocenters. The molecule has 4 aromatic rings. The molecule has 0 bridgehead atoms. The van der Waals surface area contributed by atoms with E-state index >= 15 is 0 Å². The van der Waals surface area contributed by atoms with Gasteiger partial charge in [-0.05, 0) is 29.8 Å². The minimum atomic E-state index is -0.675. The van der Waals surface area contributed by atoms with Gasteiger partial charge in [-0.1, -0.05) is 30.3 Å². The van der Waals surface area contributed by atoms with Crippen LogP contribution in [0.25, 0.3) is 11.0 Å². The summed E-state index contributed by atoms with van der Waals surface area (Å²) in [5, 5.41) is 13.6. The average molecular weight is 375 g/mol. The summed E-state index contributed by atoms with van der Waals surface area (Å²) in [4.78, 5) is 30.0. The van der Waals surface area contributed by atoms with Gasteiger partial charge in [0.05, 0.1) is 24.7 Å². The number of aromatic hydroxyl groups is 1. The molecule has 7 heteroatoms. The van der Waals surface area contributed by atoms with E-state index in [-0.39, 0.29) is 24.4 Å². The van der Waals surface area contributed by atoms with Crippen LogP contribution in [0, 0.1) is 0 Å². The largest absolute Gasteiger partial charge is 0.506 e. The van der Waals surface area contributed by atoms with Gasteiger partial charge in [-0.3, -0.25) is 14.2 Å². The fourth-order valence-corrected chi connectivity index (χ4v) is 3.05. The number of pyridine rings is 2. The molecular formula is C21H17N3O4. The molecule has 3 heterocycles. The maximum Gasteiger partial charge on any atom is 0.269 e. The number of fused-ring (bicyclic) bond motifs is 1. The maximum absolute atomic E-state index is 13.1. The van der Waals surface area contributed by atoms with E-state index in [2.05, 4.69) is 10.3 Å². The Bertz CT molecular complexity index is 1180. The van der Waals surface area contributed by atoms with Crippen molar-refractivity contribution in [2.75, 3.05) is 0 Å². The molecule has 1 aromatic carbocycles. The number of nitrogens with one attached hydrogen (secondary N) is 1. The van der Waals surface area contributed by atoms with Gasteiger partial charge in [-0.2, -0.15) is 0 Å². The van der Waals surface area contributed by atoms with Crippen molar-refractivity contribution in [3.63, 3.8) is 0 Å². The van der Waals surface area contributed by atoms with E-state index in [1.54, 1.807) is 30.5 Å². The van der Waals surface area contributed by atoms with Crippen LogP contribution in [-0.2, 0) is 13.1 Å². The first-order valence-electron chi connectivity index (χ1n) is 8.70. The van der Waals surface area contributed by atoms with Crippen LogP contribution in [0.5, 0.6) is 5.75 Å². The molecule has 0 aliphatic rings. The summed E-state index contributed by atoms with van der Waals surface area (Å²) in [7, 11) is 0. The van der Waals surface area contributed by atoms with Crippen molar-refractivity contribution < 1.29 is 14.3 Å². The second-order valence-corrected chi connectivity index (χ2v) is 6.24. The van der Waals surface area contributed by atoms with Gasteiger partial charge in [0.1, 0.15) is 22.7 Å². The third-order valence-corrected chi connectivity index (χ3v) is 4.41. The quantitative estimate of drug-likeness (QED) is 0.559. The van der Waals surface area contributed by atoms with Gasteiger partial charge in [-0.25, -0.2) is 4.98 Å². The molecule has 0 spiro atoms. The van der Waals surface area contributed by atoms with Gasteiger partial charge < -0.3 is 14.8 Å². The Kier molecular flexibility index (Phi) is 4.63. The lowest BCUT2D eigenvalue weighted by Gasteiger charge is -2.14. The van der Waals surface area contributed by atoms with Crippen molar-refractivity contribution in [2.45, 2.75) is 13.1 Å². The standard InChI is InChI=1S/C21H17N3O4/c25-18-16-9-4-10-22-19(16)24(13-14-6-2-1-3-7-14)21(27)17(18)20(26)23-12-15-8-5-11-28-15/h1-11,25H,12-13H2,(H,23,26). The van der Waals surface area contributed by atoms with Crippen molar-refractivity contribution in [3.05, 3.63) is 94.3 Å². The van der Waals surface area contributed by atoms with Crippen molar-refractivity contribution in [3.8, 4) is 5.75 Å². The maximum atomic E-state index is 13.1. The smallest absolute Gasteiger partial charge is 0.269 e. The Balaban J connectivity index is 1.80. The van der Waals surface area contributed by atoms with Crippen LogP contribution >= 0.6 is 0 Å². The number of carbonyl (C=O) groups is 1. The highest BCUT2D eigenvalue weighted by Crippen LogP contribution is 2.25. The molecular weight excluding hydrogens is 358 g/mol. The molecule has 0 fully saturated rings. The van der Waals surface area contributed by atoms with Crippen molar-refractivity contribution in [1.82, 2.24) is 14.9 Å². The van der Waals surface area contributed by atoms with Crippen LogP contribution in [0.3, 0.4) is 0 Å². The van der Waals surface area contributed by atoms with E-state index in [1.807, 2.05) is 30.3 Å². The normalized spacial score (nSPS) is 10.9. The number of benzene rings is 1. The van der Waals surface area contributed by atoms with E-state index in [9.17, 15) is 14.7 Å². The predicted molar refractivity (Wildman–Crippen MR) is 103 cm³/mol. The lowest BCUT2D eigenvalue weighted by atomic mass is 10.1. The van der Waals surface area contributed by atoms with E-state index in [4.69, 9.17) is 4.42 Å². The molecule has 0 saturated heterocycles. The molecule has 2 N–H and O–H groups in total. The summed E-state index contributed by atoms with van der Waals surface area (Å²) in [6.45, 7) is 0.334. The molecule has 0 aliphatic carbocycles. The topological polar surface area (TPSA) is 97.4 Å². The van der Waals surface area contributed by atoms with Gasteiger partial charge in [-0.15, -0.1) is 0 Å². The lowest BCUT2D eigenvalue weighted by molar-refractivity contribution is 0.0943. The van der Waals surface area contributed by atoms with E-state index in [0.29, 0.717) is 16.8 Å². The second kappa shape index (κ2) is 7.40. The molecule has 7 nitrogen and oxygen atoms in total. The third-order valence-electron chi connectivity index (χ3n) is 4.41. The first kappa shape index (κ1) is 17.5. The molecule has 28 heavy (non-hydrogen) atoms. The number of amides is 1. The number of aromatic nitrogens is 2. The van der Waals surface area contributed by atoms with Gasteiger partial charge in [0.25, 0.3) is 11.5 Å². The Morgan fingerprint density at radius 2 is 1.93 bits per heavy atom. The number of hydrogen-bond acceptors (Lipinski definition) is 5. The highest BCUT2D eigenvalue weighted by Gasteiger charge is 2.23. The Morgan fingerprint density at radius 3 is 2.68 bits per heavy atom. The summed E-state index contributed by atoms with van der Waals surface area (Å²) >= 11 is 0. The molecule has 0 radical (unpaired) electrons. The fraction of sp³-hybridized carbons (Fsp3) is 0.0952. The van der Waals surface area contributed by atoms with Gasteiger partial charge >= 0.3 is 0 Å². The highest BCUT2D eigenvalue weighted by atomic mass is 16.3. The van der Waals surface area contributed by atoms with E-state index in [1.165, 1.54) is 10.8 Å². The molecule has 0 aliphatic heterocycles. The highest BCUT2D eigenvalue weighted by molar-refractivity contribution is 6.01. The van der Waals surface area contributed by atoms with E-state index in [0.717, 1.165) is 5.56 Å². The first-order chi connectivity index (χ1) is 13.6. The molecule has 0 saturated carbocycles. The minimum absolute atomic E-state index is 0.106. The number of carbonyl (C=O) groups excluding carboxylic acids is 1. The summed E-state index contributed by atoms with van der Waals surface area (Å²) in [6.07, 6.45) is 3.03.